The minimum absolute atomic E-state index is 0.0916. The second-order valence-corrected chi connectivity index (χ2v) is 5.64. The van der Waals surface area contributed by atoms with Crippen molar-refractivity contribution in [2.45, 2.75) is 38.8 Å². The molecule has 2 aromatic heterocycles. The summed E-state index contributed by atoms with van der Waals surface area (Å²) in [6, 6.07) is 4.26. The van der Waals surface area contributed by atoms with Crippen molar-refractivity contribution in [2.75, 3.05) is 6.54 Å². The zero-order valence-electron chi connectivity index (χ0n) is 12.7. The largest absolute Gasteiger partial charge is 0.352 e. The second kappa shape index (κ2) is 6.70. The first-order chi connectivity index (χ1) is 10.7. The molecule has 1 atom stereocenters. The van der Waals surface area contributed by atoms with Crippen LogP contribution >= 0.6 is 0 Å². The summed E-state index contributed by atoms with van der Waals surface area (Å²) in [6.45, 7) is 3.48. The van der Waals surface area contributed by atoms with Crippen LogP contribution in [0.5, 0.6) is 0 Å². The Hall–Kier alpha value is -2.21. The highest BCUT2D eigenvalue weighted by Crippen LogP contribution is 2.10. The van der Waals surface area contributed by atoms with Gasteiger partial charge in [-0.3, -0.25) is 9.36 Å². The van der Waals surface area contributed by atoms with E-state index in [-0.39, 0.29) is 5.91 Å². The molecule has 6 heteroatoms. The molecule has 0 bridgehead atoms. The van der Waals surface area contributed by atoms with Gasteiger partial charge in [0.15, 0.2) is 0 Å². The van der Waals surface area contributed by atoms with Crippen LogP contribution in [0.3, 0.4) is 0 Å². The molecule has 1 aliphatic heterocycles. The average Bonchev–Trinajstić information content (AvgIpc) is 3.17. The van der Waals surface area contributed by atoms with Crippen LogP contribution in [0.2, 0.25) is 0 Å². The van der Waals surface area contributed by atoms with Crippen molar-refractivity contribution in [3.05, 3.63) is 42.1 Å². The lowest BCUT2D eigenvalue weighted by Gasteiger charge is -2.10. The fourth-order valence-corrected chi connectivity index (χ4v) is 2.71. The molecule has 0 spiro atoms. The molecule has 2 N–H and O–H groups in total. The number of aryl methyl sites for hydroxylation is 1. The molecule has 1 aliphatic rings. The van der Waals surface area contributed by atoms with Crippen LogP contribution < -0.4 is 10.6 Å². The topological polar surface area (TPSA) is 71.8 Å². The number of rotatable bonds is 5. The number of nitrogens with one attached hydrogen (secondary N) is 2. The molecule has 0 saturated carbocycles. The van der Waals surface area contributed by atoms with Gasteiger partial charge in [0.05, 0.1) is 0 Å². The number of aromatic nitrogens is 3. The van der Waals surface area contributed by atoms with Gasteiger partial charge >= 0.3 is 0 Å². The number of pyridine rings is 1. The molecular weight excluding hydrogens is 278 g/mol. The number of carbonyl (C=O) groups is 1. The molecule has 1 amide bonds. The van der Waals surface area contributed by atoms with Crippen LogP contribution in [-0.2, 0) is 11.3 Å². The molecule has 1 saturated heterocycles. The quantitative estimate of drug-likeness (QED) is 0.874. The first-order valence-electron chi connectivity index (χ1n) is 7.68. The van der Waals surface area contributed by atoms with Gasteiger partial charge < -0.3 is 10.6 Å². The molecule has 3 rings (SSSR count). The highest BCUT2D eigenvalue weighted by Gasteiger charge is 2.17. The van der Waals surface area contributed by atoms with E-state index in [1.54, 1.807) is 12.4 Å². The molecule has 0 aliphatic carbocycles. The standard InChI is InChI=1S/C16H21N5O/c1-12-17-7-8-21(12)15-5-4-13(10-19-15)11-20-16(22)9-14-3-2-6-18-14/h4-5,7-8,10,14,18H,2-3,6,9,11H2,1H3,(H,20,22). The fraction of sp³-hybridized carbons (Fsp3) is 0.438. The molecule has 0 aromatic carbocycles. The number of hydrogen-bond donors (Lipinski definition) is 2. The maximum absolute atomic E-state index is 11.9. The van der Waals surface area contributed by atoms with E-state index in [1.807, 2.05) is 29.8 Å². The van der Waals surface area contributed by atoms with E-state index in [4.69, 9.17) is 0 Å². The predicted molar refractivity (Wildman–Crippen MR) is 83.6 cm³/mol. The summed E-state index contributed by atoms with van der Waals surface area (Å²) in [4.78, 5) is 20.5. The van der Waals surface area contributed by atoms with Crippen molar-refractivity contribution in [1.29, 1.82) is 0 Å². The average molecular weight is 299 g/mol. The molecule has 3 heterocycles. The number of amides is 1. The van der Waals surface area contributed by atoms with Gasteiger partial charge in [-0.2, -0.15) is 0 Å². The summed E-state index contributed by atoms with van der Waals surface area (Å²) in [5.41, 5.74) is 0.995. The van der Waals surface area contributed by atoms with Crippen molar-refractivity contribution in [3.8, 4) is 5.82 Å². The predicted octanol–water partition coefficient (Wildman–Crippen LogP) is 1.33. The van der Waals surface area contributed by atoms with Crippen LogP contribution in [0.1, 0.15) is 30.7 Å². The Bertz CT molecular complexity index is 628. The number of carbonyl (C=O) groups excluding carboxylic acids is 1. The van der Waals surface area contributed by atoms with E-state index >= 15 is 0 Å². The maximum Gasteiger partial charge on any atom is 0.221 e. The maximum atomic E-state index is 11.9. The van der Waals surface area contributed by atoms with Crippen molar-refractivity contribution in [3.63, 3.8) is 0 Å². The Morgan fingerprint density at radius 1 is 1.45 bits per heavy atom. The van der Waals surface area contributed by atoms with Crippen LogP contribution in [0.25, 0.3) is 5.82 Å². The van der Waals surface area contributed by atoms with Gasteiger partial charge in [0, 0.05) is 37.6 Å². The zero-order valence-corrected chi connectivity index (χ0v) is 12.7. The monoisotopic (exact) mass is 299 g/mol. The van der Waals surface area contributed by atoms with E-state index in [9.17, 15) is 4.79 Å². The van der Waals surface area contributed by atoms with Crippen molar-refractivity contribution in [2.24, 2.45) is 0 Å². The van der Waals surface area contributed by atoms with Gasteiger partial charge in [-0.05, 0) is 37.9 Å². The molecule has 0 radical (unpaired) electrons. The van der Waals surface area contributed by atoms with Crippen molar-refractivity contribution < 1.29 is 4.79 Å². The summed E-state index contributed by atoms with van der Waals surface area (Å²) in [5.74, 6) is 1.83. The third-order valence-corrected chi connectivity index (χ3v) is 3.97. The van der Waals surface area contributed by atoms with Crippen LogP contribution in [-0.4, -0.2) is 33.0 Å². The van der Waals surface area contributed by atoms with Crippen molar-refractivity contribution >= 4 is 5.91 Å². The fourth-order valence-electron chi connectivity index (χ4n) is 2.71. The third-order valence-electron chi connectivity index (χ3n) is 3.97. The summed E-state index contributed by atoms with van der Waals surface area (Å²) in [5, 5.41) is 6.29. The minimum atomic E-state index is 0.0916. The van der Waals surface area contributed by atoms with E-state index in [0.29, 0.717) is 19.0 Å². The number of imidazole rings is 1. The Morgan fingerprint density at radius 3 is 3.00 bits per heavy atom. The molecule has 1 unspecified atom stereocenters. The van der Waals surface area contributed by atoms with E-state index in [2.05, 4.69) is 20.6 Å². The lowest BCUT2D eigenvalue weighted by atomic mass is 10.1. The summed E-state index contributed by atoms with van der Waals surface area (Å²) < 4.78 is 1.92. The lowest BCUT2D eigenvalue weighted by Crippen LogP contribution is -2.31. The summed E-state index contributed by atoms with van der Waals surface area (Å²) >= 11 is 0. The van der Waals surface area contributed by atoms with E-state index in [1.165, 1.54) is 0 Å². The van der Waals surface area contributed by atoms with Gasteiger partial charge in [-0.25, -0.2) is 9.97 Å². The van der Waals surface area contributed by atoms with Crippen LogP contribution in [0.15, 0.2) is 30.7 Å². The Kier molecular flexibility index (Phi) is 4.48. The highest BCUT2D eigenvalue weighted by molar-refractivity contribution is 5.76. The third kappa shape index (κ3) is 3.51. The van der Waals surface area contributed by atoms with Gasteiger partial charge in [-0.15, -0.1) is 0 Å². The zero-order chi connectivity index (χ0) is 15.4. The first kappa shape index (κ1) is 14.7. The lowest BCUT2D eigenvalue weighted by molar-refractivity contribution is -0.121. The number of hydrogen-bond acceptors (Lipinski definition) is 4. The number of nitrogens with zero attached hydrogens (tertiary/aromatic N) is 3. The SMILES string of the molecule is Cc1nccn1-c1ccc(CNC(=O)CC2CCCN2)cn1. The highest BCUT2D eigenvalue weighted by atomic mass is 16.1. The molecule has 116 valence electrons. The van der Waals surface area contributed by atoms with Gasteiger partial charge in [0.1, 0.15) is 11.6 Å². The van der Waals surface area contributed by atoms with Gasteiger partial charge in [-0.1, -0.05) is 6.07 Å². The smallest absolute Gasteiger partial charge is 0.221 e. The normalized spacial score (nSPS) is 17.6. The Morgan fingerprint density at radius 2 is 2.36 bits per heavy atom. The van der Waals surface area contributed by atoms with Crippen LogP contribution in [0.4, 0.5) is 0 Å². The van der Waals surface area contributed by atoms with Gasteiger partial charge in [0.2, 0.25) is 5.91 Å². The van der Waals surface area contributed by atoms with Crippen LogP contribution in [0, 0.1) is 6.92 Å². The summed E-state index contributed by atoms with van der Waals surface area (Å²) in [6.07, 6.45) is 8.24. The molecular formula is C16H21N5O. The molecule has 2 aromatic rings. The van der Waals surface area contributed by atoms with Gasteiger partial charge in [0.25, 0.3) is 0 Å². The molecule has 22 heavy (non-hydrogen) atoms. The second-order valence-electron chi connectivity index (χ2n) is 5.64. The molecule has 1 fully saturated rings. The Labute approximate surface area is 130 Å². The summed E-state index contributed by atoms with van der Waals surface area (Å²) in [7, 11) is 0. The Balaban J connectivity index is 1.53. The van der Waals surface area contributed by atoms with E-state index in [0.717, 1.165) is 36.6 Å². The first-order valence-corrected chi connectivity index (χ1v) is 7.68. The minimum Gasteiger partial charge on any atom is -0.352 e. The van der Waals surface area contributed by atoms with Crippen molar-refractivity contribution in [1.82, 2.24) is 25.2 Å². The molecule has 6 nitrogen and oxygen atoms in total. The van der Waals surface area contributed by atoms with E-state index < -0.39 is 0 Å².